The molecule has 1 aliphatic rings. The van der Waals surface area contributed by atoms with Crippen molar-refractivity contribution in [3.63, 3.8) is 0 Å². The molecule has 2 atom stereocenters. The number of rotatable bonds is 5. The average molecular weight is 370 g/mol. The number of carbonyl (C=O) groups excluding carboxylic acids is 1. The Labute approximate surface area is 157 Å². The van der Waals surface area contributed by atoms with Crippen molar-refractivity contribution in [2.24, 2.45) is 0 Å². The third-order valence-electron chi connectivity index (χ3n) is 4.34. The molecule has 0 spiro atoms. The van der Waals surface area contributed by atoms with Gasteiger partial charge in [0.2, 0.25) is 5.91 Å². The first-order valence-electron chi connectivity index (χ1n) is 8.92. The topological polar surface area (TPSA) is 90.7 Å². The molecule has 1 aliphatic heterocycles. The molecular formula is C20H22N2O5. The number of nitrogens with one attached hydrogen (secondary N) is 1. The molecule has 7 nitrogen and oxygen atoms in total. The predicted molar refractivity (Wildman–Crippen MR) is 99.1 cm³/mol. The van der Waals surface area contributed by atoms with E-state index in [2.05, 4.69) is 5.32 Å². The maximum atomic E-state index is 12.3. The van der Waals surface area contributed by atoms with E-state index in [0.29, 0.717) is 18.6 Å². The van der Waals surface area contributed by atoms with Gasteiger partial charge in [-0.15, -0.1) is 0 Å². The van der Waals surface area contributed by atoms with Gasteiger partial charge >= 0.3 is 0 Å². The van der Waals surface area contributed by atoms with Gasteiger partial charge in [-0.05, 0) is 18.4 Å². The zero-order chi connectivity index (χ0) is 19.1. The van der Waals surface area contributed by atoms with Crippen LogP contribution in [0.2, 0.25) is 0 Å². The number of carbonyl (C=O) groups is 1. The van der Waals surface area contributed by atoms with Crippen molar-refractivity contribution in [3.8, 4) is 0 Å². The molecule has 1 saturated heterocycles. The molecule has 1 N–H and O–H groups in total. The summed E-state index contributed by atoms with van der Waals surface area (Å²) in [6, 6.07) is 15.7. The fourth-order valence-corrected chi connectivity index (χ4v) is 3.01. The Kier molecular flexibility index (Phi) is 6.51. The molecule has 3 rings (SSSR count). The molecule has 0 saturated carbocycles. The highest BCUT2D eigenvalue weighted by atomic mass is 16.7. The summed E-state index contributed by atoms with van der Waals surface area (Å²) < 4.78 is 11.5. The lowest BCUT2D eigenvalue weighted by Crippen LogP contribution is -2.40. The van der Waals surface area contributed by atoms with E-state index < -0.39 is 11.2 Å². The van der Waals surface area contributed by atoms with E-state index in [-0.39, 0.29) is 24.2 Å². The number of hydrogen-bond donors (Lipinski definition) is 1. The summed E-state index contributed by atoms with van der Waals surface area (Å²) in [7, 11) is 0. The van der Waals surface area contributed by atoms with Crippen LogP contribution in [0.15, 0.2) is 54.6 Å². The van der Waals surface area contributed by atoms with Crippen LogP contribution in [0.25, 0.3) is 0 Å². The summed E-state index contributed by atoms with van der Waals surface area (Å²) in [5.74, 6) is -0.0526. The maximum absolute atomic E-state index is 12.3. The Morgan fingerprint density at radius 3 is 2.74 bits per heavy atom. The van der Waals surface area contributed by atoms with Crippen molar-refractivity contribution >= 4 is 11.6 Å². The summed E-state index contributed by atoms with van der Waals surface area (Å²) in [4.78, 5) is 22.8. The van der Waals surface area contributed by atoms with Crippen LogP contribution in [0.4, 0.5) is 5.69 Å². The highest BCUT2D eigenvalue weighted by Gasteiger charge is 2.22. The quantitative estimate of drug-likeness (QED) is 0.645. The minimum atomic E-state index is -0.682. The summed E-state index contributed by atoms with van der Waals surface area (Å²) in [5.41, 5.74) is 1.55. The lowest BCUT2D eigenvalue weighted by Gasteiger charge is -2.27. The minimum Gasteiger partial charge on any atom is -0.351 e. The Bertz CT molecular complexity index is 781. The molecule has 1 amide bonds. The van der Waals surface area contributed by atoms with Crippen LogP contribution < -0.4 is 5.32 Å². The largest absolute Gasteiger partial charge is 0.351 e. The van der Waals surface area contributed by atoms with Crippen molar-refractivity contribution in [2.45, 2.75) is 31.6 Å². The van der Waals surface area contributed by atoms with Crippen LogP contribution in [0, 0.1) is 10.1 Å². The highest BCUT2D eigenvalue weighted by Crippen LogP contribution is 2.25. The van der Waals surface area contributed by atoms with Gasteiger partial charge in [0.25, 0.3) is 5.69 Å². The lowest BCUT2D eigenvalue weighted by atomic mass is 10.1. The Hall–Kier alpha value is -2.77. The Balaban J connectivity index is 1.58. The Morgan fingerprint density at radius 2 is 1.96 bits per heavy atom. The van der Waals surface area contributed by atoms with E-state index in [1.807, 2.05) is 30.3 Å². The van der Waals surface area contributed by atoms with Crippen molar-refractivity contribution in [1.82, 2.24) is 5.32 Å². The summed E-state index contributed by atoms with van der Waals surface area (Å²) in [6.45, 7) is 0.742. The molecule has 142 valence electrons. The van der Waals surface area contributed by atoms with Crippen molar-refractivity contribution in [3.05, 3.63) is 75.8 Å². The van der Waals surface area contributed by atoms with Crippen LogP contribution in [-0.4, -0.2) is 30.1 Å². The van der Waals surface area contributed by atoms with Gasteiger partial charge in [-0.2, -0.15) is 0 Å². The third-order valence-corrected chi connectivity index (χ3v) is 4.34. The number of hydrogen-bond acceptors (Lipinski definition) is 5. The van der Waals surface area contributed by atoms with Gasteiger partial charge in [0.15, 0.2) is 6.29 Å². The molecule has 2 aromatic carbocycles. The molecule has 1 heterocycles. The first kappa shape index (κ1) is 19.0. The zero-order valence-corrected chi connectivity index (χ0v) is 14.9. The second kappa shape index (κ2) is 9.25. The smallest absolute Gasteiger partial charge is 0.269 e. The van der Waals surface area contributed by atoms with Crippen molar-refractivity contribution in [1.29, 1.82) is 0 Å². The lowest BCUT2D eigenvalue weighted by molar-refractivity contribution is -0.385. The second-order valence-corrected chi connectivity index (χ2v) is 6.46. The molecule has 0 aromatic heterocycles. The predicted octanol–water partition coefficient (Wildman–Crippen LogP) is 3.15. The number of ether oxygens (including phenoxy) is 2. The highest BCUT2D eigenvalue weighted by molar-refractivity contribution is 5.78. The van der Waals surface area contributed by atoms with E-state index in [1.54, 1.807) is 12.1 Å². The summed E-state index contributed by atoms with van der Waals surface area (Å²) in [5, 5.41) is 14.0. The van der Waals surface area contributed by atoms with Gasteiger partial charge in [-0.1, -0.05) is 42.5 Å². The van der Waals surface area contributed by atoms with E-state index in [0.717, 1.165) is 18.4 Å². The average Bonchev–Trinajstić information content (AvgIpc) is 2.65. The monoisotopic (exact) mass is 370 g/mol. The van der Waals surface area contributed by atoms with E-state index in [4.69, 9.17) is 9.47 Å². The van der Waals surface area contributed by atoms with Crippen LogP contribution in [0.5, 0.6) is 0 Å². The molecule has 27 heavy (non-hydrogen) atoms. The van der Waals surface area contributed by atoms with Crippen LogP contribution in [-0.2, 0) is 20.7 Å². The van der Waals surface area contributed by atoms with Gasteiger partial charge < -0.3 is 14.8 Å². The van der Waals surface area contributed by atoms with E-state index in [1.165, 1.54) is 12.1 Å². The molecule has 2 aromatic rings. The first-order chi connectivity index (χ1) is 13.1. The summed E-state index contributed by atoms with van der Waals surface area (Å²) in [6.07, 6.45) is 1.16. The van der Waals surface area contributed by atoms with Gasteiger partial charge in [-0.25, -0.2) is 0 Å². The van der Waals surface area contributed by atoms with Crippen LogP contribution in [0.3, 0.4) is 0 Å². The van der Waals surface area contributed by atoms with Crippen LogP contribution >= 0.6 is 0 Å². The number of nitrogens with zero attached hydrogens (tertiary/aromatic N) is 1. The van der Waals surface area contributed by atoms with E-state index in [9.17, 15) is 14.9 Å². The standard InChI is InChI=1S/C20H22N2O5/c23-19(12-15-6-2-1-3-7-15)21-17-9-5-11-26-20(27-14-17)16-8-4-10-18(13-16)22(24)25/h1-4,6-8,10,13,17,20H,5,9,11-12,14H2,(H,21,23)/t17-,20-/m0/s1. The molecule has 0 aliphatic carbocycles. The first-order valence-corrected chi connectivity index (χ1v) is 8.92. The number of nitro groups is 1. The fourth-order valence-electron chi connectivity index (χ4n) is 3.01. The van der Waals surface area contributed by atoms with Gasteiger partial charge in [0.05, 0.1) is 30.6 Å². The number of nitro benzene ring substituents is 1. The molecule has 7 heteroatoms. The zero-order valence-electron chi connectivity index (χ0n) is 14.9. The van der Waals surface area contributed by atoms with Crippen molar-refractivity contribution in [2.75, 3.05) is 13.2 Å². The van der Waals surface area contributed by atoms with Gasteiger partial charge in [0.1, 0.15) is 0 Å². The molecule has 0 unspecified atom stereocenters. The van der Waals surface area contributed by atoms with Gasteiger partial charge in [0, 0.05) is 17.7 Å². The summed E-state index contributed by atoms with van der Waals surface area (Å²) >= 11 is 0. The number of benzene rings is 2. The molecular weight excluding hydrogens is 348 g/mol. The molecule has 0 radical (unpaired) electrons. The van der Waals surface area contributed by atoms with Gasteiger partial charge in [-0.3, -0.25) is 14.9 Å². The normalized spacial score (nSPS) is 20.3. The Morgan fingerprint density at radius 1 is 1.15 bits per heavy atom. The minimum absolute atomic E-state index is 0.00512. The number of amides is 1. The van der Waals surface area contributed by atoms with Crippen molar-refractivity contribution < 1.29 is 19.2 Å². The third kappa shape index (κ3) is 5.60. The number of non-ortho nitro benzene ring substituents is 1. The maximum Gasteiger partial charge on any atom is 0.269 e. The second-order valence-electron chi connectivity index (χ2n) is 6.46. The fraction of sp³-hybridized carbons (Fsp3) is 0.350. The SMILES string of the molecule is O=C(Cc1ccccc1)N[C@H]1CCCO[C@H](c2cccc([N+](=O)[O-])c2)OC1. The molecule has 1 fully saturated rings. The van der Waals surface area contributed by atoms with Crippen LogP contribution in [0.1, 0.15) is 30.3 Å². The van der Waals surface area contributed by atoms with E-state index >= 15 is 0 Å². The molecule has 0 bridgehead atoms.